The summed E-state index contributed by atoms with van der Waals surface area (Å²) in [6.07, 6.45) is 8.40. The summed E-state index contributed by atoms with van der Waals surface area (Å²) in [7, 11) is 1.01. The van der Waals surface area contributed by atoms with Gasteiger partial charge in [-0.1, -0.05) is 71.0 Å². The van der Waals surface area contributed by atoms with E-state index in [1.807, 2.05) is 0 Å². The molecular formula is C14H23P. The summed E-state index contributed by atoms with van der Waals surface area (Å²) in [6, 6.07) is 9.00. The number of benzene rings is 1. The summed E-state index contributed by atoms with van der Waals surface area (Å²) in [5, 5.41) is 1.52. The molecule has 0 amide bonds. The molecule has 1 heteroatoms. The van der Waals surface area contributed by atoms with Crippen molar-refractivity contribution in [3.05, 3.63) is 29.8 Å². The molecule has 1 aromatic carbocycles. The van der Waals surface area contributed by atoms with E-state index in [-0.39, 0.29) is 0 Å². The fourth-order valence-corrected chi connectivity index (χ4v) is 2.75. The van der Waals surface area contributed by atoms with Crippen molar-refractivity contribution in [2.75, 3.05) is 6.16 Å². The van der Waals surface area contributed by atoms with E-state index >= 15 is 0 Å². The summed E-state index contributed by atoms with van der Waals surface area (Å²) < 4.78 is 0. The van der Waals surface area contributed by atoms with Crippen molar-refractivity contribution >= 4 is 13.9 Å². The molecule has 0 fully saturated rings. The van der Waals surface area contributed by atoms with Gasteiger partial charge >= 0.3 is 0 Å². The molecule has 84 valence electrons. The maximum Gasteiger partial charge on any atom is -0.0271 e. The summed E-state index contributed by atoms with van der Waals surface area (Å²) in [5.74, 6) is 0. The summed E-state index contributed by atoms with van der Waals surface area (Å²) in [6.45, 7) is 4.42. The van der Waals surface area contributed by atoms with Gasteiger partial charge in [-0.3, -0.25) is 0 Å². The van der Waals surface area contributed by atoms with Crippen molar-refractivity contribution in [1.29, 1.82) is 0 Å². The van der Waals surface area contributed by atoms with Gasteiger partial charge in [-0.05, 0) is 24.8 Å². The molecule has 1 aromatic rings. The molecule has 0 saturated heterocycles. The van der Waals surface area contributed by atoms with Gasteiger partial charge in [-0.2, -0.15) is 0 Å². The number of unbranched alkanes of at least 4 members (excludes halogenated alkanes) is 4. The molecular weight excluding hydrogens is 199 g/mol. The highest BCUT2D eigenvalue weighted by Gasteiger charge is 1.93. The topological polar surface area (TPSA) is 0 Å². The van der Waals surface area contributed by atoms with Crippen LogP contribution in [0.3, 0.4) is 0 Å². The zero-order valence-electron chi connectivity index (χ0n) is 10.1. The zero-order valence-corrected chi connectivity index (χ0v) is 11.1. The fourth-order valence-electron chi connectivity index (χ4n) is 1.63. The molecule has 1 unspecified atom stereocenters. The van der Waals surface area contributed by atoms with E-state index in [2.05, 4.69) is 38.1 Å². The first-order valence-corrected chi connectivity index (χ1v) is 7.34. The lowest BCUT2D eigenvalue weighted by Crippen LogP contribution is -1.94. The second-order valence-corrected chi connectivity index (χ2v) is 5.64. The molecule has 1 atom stereocenters. The molecule has 0 heterocycles. The van der Waals surface area contributed by atoms with Crippen LogP contribution < -0.4 is 5.30 Å². The third-order valence-corrected chi connectivity index (χ3v) is 4.01. The zero-order chi connectivity index (χ0) is 10.9. The first-order valence-electron chi connectivity index (χ1n) is 6.13. The lowest BCUT2D eigenvalue weighted by atomic mass is 10.2. The predicted octanol–water partition coefficient (Wildman–Crippen LogP) is 4.27. The lowest BCUT2D eigenvalue weighted by Gasteiger charge is -2.02. The Bertz CT molecular complexity index is 251. The van der Waals surface area contributed by atoms with E-state index in [1.54, 1.807) is 0 Å². The molecule has 0 N–H and O–H groups in total. The second kappa shape index (κ2) is 7.88. The maximum atomic E-state index is 2.28. The van der Waals surface area contributed by atoms with E-state index in [0.29, 0.717) is 0 Å². The highest BCUT2D eigenvalue weighted by molar-refractivity contribution is 7.47. The van der Waals surface area contributed by atoms with Gasteiger partial charge in [0.25, 0.3) is 0 Å². The third-order valence-electron chi connectivity index (χ3n) is 2.66. The van der Waals surface area contributed by atoms with Gasteiger partial charge in [0.2, 0.25) is 0 Å². The van der Waals surface area contributed by atoms with Crippen LogP contribution in [-0.2, 0) is 0 Å². The van der Waals surface area contributed by atoms with Crippen LogP contribution in [0.15, 0.2) is 24.3 Å². The van der Waals surface area contributed by atoms with Crippen LogP contribution in [0.4, 0.5) is 0 Å². The fraction of sp³-hybridized carbons (Fsp3) is 0.571. The molecule has 0 aliphatic heterocycles. The SMILES string of the molecule is CCCCCCCPc1ccc(C)cc1. The van der Waals surface area contributed by atoms with Crippen molar-refractivity contribution in [2.45, 2.75) is 46.0 Å². The molecule has 0 radical (unpaired) electrons. The Morgan fingerprint density at radius 3 is 2.27 bits per heavy atom. The summed E-state index contributed by atoms with van der Waals surface area (Å²) in [4.78, 5) is 0. The Hall–Kier alpha value is -0.350. The third kappa shape index (κ3) is 5.95. The molecule has 1 rings (SSSR count). The molecule has 0 bridgehead atoms. The number of hydrogen-bond donors (Lipinski definition) is 0. The van der Waals surface area contributed by atoms with Crippen molar-refractivity contribution in [3.8, 4) is 0 Å². The number of hydrogen-bond acceptors (Lipinski definition) is 0. The number of aryl methyl sites for hydroxylation is 1. The Labute approximate surface area is 96.3 Å². The van der Waals surface area contributed by atoms with Crippen molar-refractivity contribution < 1.29 is 0 Å². The van der Waals surface area contributed by atoms with Crippen LogP contribution in [-0.4, -0.2) is 6.16 Å². The predicted molar refractivity (Wildman–Crippen MR) is 72.8 cm³/mol. The highest BCUT2D eigenvalue weighted by Crippen LogP contribution is 2.14. The van der Waals surface area contributed by atoms with Crippen LogP contribution in [0.25, 0.3) is 0 Å². The highest BCUT2D eigenvalue weighted by atomic mass is 31.1. The van der Waals surface area contributed by atoms with E-state index in [1.165, 1.54) is 49.1 Å². The van der Waals surface area contributed by atoms with E-state index < -0.39 is 0 Å². The van der Waals surface area contributed by atoms with Gasteiger partial charge in [0.15, 0.2) is 0 Å². The molecule has 15 heavy (non-hydrogen) atoms. The number of rotatable bonds is 7. The first-order chi connectivity index (χ1) is 7.33. The minimum absolute atomic E-state index is 1.01. The van der Waals surface area contributed by atoms with Gasteiger partial charge in [0, 0.05) is 0 Å². The standard InChI is InChI=1S/C14H23P/c1-3-4-5-6-7-12-15-14-10-8-13(2)9-11-14/h8-11,15H,3-7,12H2,1-2H3. The van der Waals surface area contributed by atoms with Crippen LogP contribution in [0.5, 0.6) is 0 Å². The Kier molecular flexibility index (Phi) is 6.68. The van der Waals surface area contributed by atoms with E-state index in [0.717, 1.165) is 8.58 Å². The van der Waals surface area contributed by atoms with Crippen LogP contribution in [0.1, 0.15) is 44.6 Å². The average Bonchev–Trinajstić information content (AvgIpc) is 2.26. The quantitative estimate of drug-likeness (QED) is 0.477. The van der Waals surface area contributed by atoms with Gasteiger partial charge in [-0.15, -0.1) is 0 Å². The molecule has 0 aliphatic carbocycles. The van der Waals surface area contributed by atoms with E-state index in [4.69, 9.17) is 0 Å². The largest absolute Gasteiger partial charge is 0.0904 e. The first kappa shape index (κ1) is 12.7. The smallest absolute Gasteiger partial charge is 0.0271 e. The Balaban J connectivity index is 2.07. The maximum absolute atomic E-state index is 2.28. The summed E-state index contributed by atoms with van der Waals surface area (Å²) >= 11 is 0. The minimum atomic E-state index is 1.01. The Morgan fingerprint density at radius 1 is 0.933 bits per heavy atom. The summed E-state index contributed by atoms with van der Waals surface area (Å²) in [5.41, 5.74) is 1.37. The molecule has 0 saturated carbocycles. The monoisotopic (exact) mass is 222 g/mol. The molecule has 0 aromatic heterocycles. The van der Waals surface area contributed by atoms with Crippen molar-refractivity contribution in [1.82, 2.24) is 0 Å². The van der Waals surface area contributed by atoms with E-state index in [9.17, 15) is 0 Å². The van der Waals surface area contributed by atoms with Crippen molar-refractivity contribution in [3.63, 3.8) is 0 Å². The Morgan fingerprint density at radius 2 is 1.60 bits per heavy atom. The minimum Gasteiger partial charge on any atom is -0.0904 e. The molecule has 0 spiro atoms. The van der Waals surface area contributed by atoms with Crippen LogP contribution in [0.2, 0.25) is 0 Å². The molecule has 0 nitrogen and oxygen atoms in total. The van der Waals surface area contributed by atoms with Gasteiger partial charge in [0.05, 0.1) is 0 Å². The van der Waals surface area contributed by atoms with Crippen LogP contribution in [0, 0.1) is 6.92 Å². The normalized spacial score (nSPS) is 11.3. The second-order valence-electron chi connectivity index (χ2n) is 4.21. The van der Waals surface area contributed by atoms with Gasteiger partial charge in [-0.25, -0.2) is 0 Å². The molecule has 0 aliphatic rings. The van der Waals surface area contributed by atoms with Gasteiger partial charge in [0.1, 0.15) is 0 Å². The van der Waals surface area contributed by atoms with Gasteiger partial charge < -0.3 is 0 Å². The van der Waals surface area contributed by atoms with Crippen LogP contribution >= 0.6 is 8.58 Å². The lowest BCUT2D eigenvalue weighted by molar-refractivity contribution is 0.659. The average molecular weight is 222 g/mol. The van der Waals surface area contributed by atoms with Crippen molar-refractivity contribution in [2.24, 2.45) is 0 Å².